The highest BCUT2D eigenvalue weighted by Gasteiger charge is 2.38. The first-order valence-electron chi connectivity index (χ1n) is 10.1. The van der Waals surface area contributed by atoms with E-state index in [4.69, 9.17) is 37.4 Å². The number of esters is 1. The van der Waals surface area contributed by atoms with Crippen LogP contribution in [0, 0.1) is 0 Å². The normalized spacial score (nSPS) is 16.0. The average molecular weight is 479 g/mol. The lowest BCUT2D eigenvalue weighted by Crippen LogP contribution is -2.49. The molecule has 9 heteroatoms. The first-order chi connectivity index (χ1) is 15.4. The summed E-state index contributed by atoms with van der Waals surface area (Å²) in [5.74, 6) is 0.467. The van der Waals surface area contributed by atoms with Crippen molar-refractivity contribution >= 4 is 35.2 Å². The molecular weight excluding hydrogens is 455 g/mol. The van der Waals surface area contributed by atoms with E-state index in [0.29, 0.717) is 39.3 Å². The number of hydrogen-bond acceptors (Lipinski definition) is 5. The van der Waals surface area contributed by atoms with Gasteiger partial charge in [-0.25, -0.2) is 9.59 Å². The predicted molar refractivity (Wildman–Crippen MR) is 122 cm³/mol. The number of methoxy groups -OCH3 is 1. The van der Waals surface area contributed by atoms with E-state index in [0.717, 1.165) is 0 Å². The van der Waals surface area contributed by atoms with Crippen LogP contribution >= 0.6 is 23.2 Å². The van der Waals surface area contributed by atoms with Crippen molar-refractivity contribution in [1.29, 1.82) is 0 Å². The molecule has 1 aliphatic rings. The van der Waals surface area contributed by atoms with Crippen LogP contribution in [-0.4, -0.2) is 43.8 Å². The molecule has 0 saturated carbocycles. The number of nitrogens with zero attached hydrogens (tertiary/aromatic N) is 1. The van der Waals surface area contributed by atoms with Gasteiger partial charge < -0.3 is 19.5 Å². The van der Waals surface area contributed by atoms with Gasteiger partial charge in [-0.1, -0.05) is 41.4 Å². The van der Waals surface area contributed by atoms with Gasteiger partial charge in [0.25, 0.3) is 0 Å². The van der Waals surface area contributed by atoms with Crippen LogP contribution in [0.5, 0.6) is 11.5 Å². The molecule has 0 aromatic heterocycles. The van der Waals surface area contributed by atoms with Gasteiger partial charge in [-0.05, 0) is 43.7 Å². The molecule has 7 nitrogen and oxygen atoms in total. The maximum absolute atomic E-state index is 13.0. The minimum absolute atomic E-state index is 0.0480. The quantitative estimate of drug-likeness (QED) is 0.541. The lowest BCUT2D eigenvalue weighted by molar-refractivity contribution is -0.139. The molecule has 1 N–H and O–H groups in total. The third-order valence-corrected chi connectivity index (χ3v) is 5.70. The highest BCUT2D eigenvalue weighted by Crippen LogP contribution is 2.35. The molecule has 2 amide bonds. The van der Waals surface area contributed by atoms with E-state index in [1.54, 1.807) is 37.3 Å². The molecule has 1 heterocycles. The summed E-state index contributed by atoms with van der Waals surface area (Å²) in [6.45, 7) is 3.99. The smallest absolute Gasteiger partial charge is 0.338 e. The third-order valence-electron chi connectivity index (χ3n) is 4.96. The molecule has 3 rings (SSSR count). The van der Waals surface area contributed by atoms with Crippen LogP contribution in [0.1, 0.15) is 25.5 Å². The van der Waals surface area contributed by atoms with Gasteiger partial charge in [-0.3, -0.25) is 4.90 Å². The lowest BCUT2D eigenvalue weighted by atomic mass is 9.94. The van der Waals surface area contributed by atoms with E-state index in [1.807, 2.05) is 19.1 Å². The number of carbonyl (C=O) groups excluding carboxylic acids is 2. The zero-order valence-corrected chi connectivity index (χ0v) is 19.5. The second-order valence-corrected chi connectivity index (χ2v) is 7.64. The van der Waals surface area contributed by atoms with Crippen molar-refractivity contribution in [3.05, 3.63) is 69.3 Å². The lowest BCUT2D eigenvalue weighted by Gasteiger charge is -2.36. The largest absolute Gasteiger partial charge is 0.493 e. The van der Waals surface area contributed by atoms with Gasteiger partial charge in [0, 0.05) is 6.54 Å². The second kappa shape index (κ2) is 10.6. The molecule has 170 valence electrons. The number of ether oxygens (including phenoxy) is 3. The number of benzene rings is 2. The zero-order valence-electron chi connectivity index (χ0n) is 18.0. The van der Waals surface area contributed by atoms with Crippen molar-refractivity contribution in [1.82, 2.24) is 10.2 Å². The maximum Gasteiger partial charge on any atom is 0.338 e. The molecule has 0 bridgehead atoms. The number of hydrogen-bond donors (Lipinski definition) is 1. The average Bonchev–Trinajstić information content (AvgIpc) is 2.79. The van der Waals surface area contributed by atoms with Crippen LogP contribution in [0.3, 0.4) is 0 Å². The van der Waals surface area contributed by atoms with Crippen LogP contribution in [0.15, 0.2) is 53.7 Å². The molecule has 2 aromatic carbocycles. The molecule has 0 fully saturated rings. The van der Waals surface area contributed by atoms with E-state index < -0.39 is 12.0 Å². The monoisotopic (exact) mass is 478 g/mol. The fraction of sp³-hybridized carbons (Fsp3) is 0.304. The van der Waals surface area contributed by atoms with Crippen LogP contribution in [-0.2, 0) is 9.53 Å². The molecule has 1 aliphatic heterocycles. The van der Waals surface area contributed by atoms with Gasteiger partial charge in [-0.2, -0.15) is 0 Å². The Labute approximate surface area is 196 Å². The summed E-state index contributed by atoms with van der Waals surface area (Å²) in [5, 5.41) is 3.55. The van der Waals surface area contributed by atoms with E-state index in [2.05, 4.69) is 5.32 Å². The Kier molecular flexibility index (Phi) is 7.88. The molecule has 2 aromatic rings. The molecule has 32 heavy (non-hydrogen) atoms. The van der Waals surface area contributed by atoms with Crippen LogP contribution in [0.4, 0.5) is 4.79 Å². The summed E-state index contributed by atoms with van der Waals surface area (Å²) in [6, 6.07) is 10.9. The number of nitrogens with one attached hydrogen (secondary N) is 1. The summed E-state index contributed by atoms with van der Waals surface area (Å²) in [5.41, 5.74) is 1.26. The molecule has 1 unspecified atom stereocenters. The van der Waals surface area contributed by atoms with E-state index >= 15 is 0 Å². The topological polar surface area (TPSA) is 77.1 Å². The Morgan fingerprint density at radius 2 is 1.81 bits per heavy atom. The number of urea groups is 1. The number of carbonyl (C=O) groups is 2. The molecule has 0 aliphatic carbocycles. The first kappa shape index (κ1) is 23.8. The van der Waals surface area contributed by atoms with Crippen molar-refractivity contribution < 1.29 is 23.8 Å². The van der Waals surface area contributed by atoms with E-state index in [9.17, 15) is 9.59 Å². The molecular formula is C23H24Cl2N2O5. The highest BCUT2D eigenvalue weighted by molar-refractivity contribution is 6.42. The summed E-state index contributed by atoms with van der Waals surface area (Å²) in [6.07, 6.45) is 0. The Balaban J connectivity index is 2.10. The van der Waals surface area contributed by atoms with E-state index in [-0.39, 0.29) is 24.8 Å². The van der Waals surface area contributed by atoms with Gasteiger partial charge in [0.15, 0.2) is 11.5 Å². The third kappa shape index (κ3) is 4.95. The summed E-state index contributed by atoms with van der Waals surface area (Å²) in [7, 11) is 1.54. The number of halogens is 2. The van der Waals surface area contributed by atoms with Gasteiger partial charge in [0.1, 0.15) is 6.61 Å². The van der Waals surface area contributed by atoms with Gasteiger partial charge >= 0.3 is 12.0 Å². The Morgan fingerprint density at radius 1 is 1.09 bits per heavy atom. The minimum atomic E-state index is -0.782. The SMILES string of the molecule is CCOC(=O)C1=C(COc2ccccc2OC)N(CC)C(=O)NC1c1ccc(Cl)c(Cl)c1. The van der Waals surface area contributed by atoms with Crippen molar-refractivity contribution in [2.24, 2.45) is 0 Å². The molecule has 0 radical (unpaired) electrons. The highest BCUT2D eigenvalue weighted by atomic mass is 35.5. The van der Waals surface area contributed by atoms with Gasteiger partial charge in [-0.15, -0.1) is 0 Å². The van der Waals surface area contributed by atoms with Crippen molar-refractivity contribution in [3.63, 3.8) is 0 Å². The summed E-state index contributed by atoms with van der Waals surface area (Å²) < 4.78 is 16.6. The zero-order chi connectivity index (χ0) is 23.3. The fourth-order valence-electron chi connectivity index (χ4n) is 3.47. The van der Waals surface area contributed by atoms with Crippen LogP contribution in [0.25, 0.3) is 0 Å². The molecule has 0 saturated heterocycles. The maximum atomic E-state index is 13.0. The first-order valence-corrected chi connectivity index (χ1v) is 10.9. The summed E-state index contributed by atoms with van der Waals surface area (Å²) in [4.78, 5) is 27.4. The Morgan fingerprint density at radius 3 is 2.44 bits per heavy atom. The number of para-hydroxylation sites is 2. The summed E-state index contributed by atoms with van der Waals surface area (Å²) >= 11 is 12.3. The van der Waals surface area contributed by atoms with Crippen molar-refractivity contribution in [2.75, 3.05) is 26.9 Å². The van der Waals surface area contributed by atoms with E-state index in [1.165, 1.54) is 12.0 Å². The minimum Gasteiger partial charge on any atom is -0.493 e. The van der Waals surface area contributed by atoms with Gasteiger partial charge in [0.2, 0.25) is 0 Å². The van der Waals surface area contributed by atoms with Crippen LogP contribution < -0.4 is 14.8 Å². The standard InChI is InChI=1S/C23H24Cl2N2O5/c1-4-27-17(13-32-19-9-7-6-8-18(19)30-3)20(22(28)31-5-2)21(26-23(27)29)14-10-11-15(24)16(25)12-14/h6-12,21H,4-5,13H2,1-3H3,(H,26,29). The molecule has 1 atom stereocenters. The molecule has 0 spiro atoms. The van der Waals surface area contributed by atoms with Crippen molar-refractivity contribution in [3.8, 4) is 11.5 Å². The van der Waals surface area contributed by atoms with Crippen molar-refractivity contribution in [2.45, 2.75) is 19.9 Å². The number of amides is 2. The Bertz CT molecular complexity index is 1040. The number of rotatable bonds is 8. The van der Waals surface area contributed by atoms with Gasteiger partial charge in [0.05, 0.1) is 41.1 Å². The second-order valence-electron chi connectivity index (χ2n) is 6.82. The number of likely N-dealkylation sites (N-methyl/N-ethyl adjacent to an activating group) is 1. The fourth-order valence-corrected chi connectivity index (χ4v) is 3.78. The Hall–Kier alpha value is -2.90. The van der Waals surface area contributed by atoms with Crippen LogP contribution in [0.2, 0.25) is 10.0 Å². The predicted octanol–water partition coefficient (Wildman–Crippen LogP) is 4.98.